The number of aliphatic hydroxyl groups excluding tert-OH is 1. The van der Waals surface area contributed by atoms with Gasteiger partial charge in [0.05, 0.1) is 11.4 Å². The molecule has 0 heterocycles. The lowest BCUT2D eigenvalue weighted by Gasteiger charge is -2.08. The summed E-state index contributed by atoms with van der Waals surface area (Å²) in [4.78, 5) is 0. The molecule has 7 heteroatoms. The van der Waals surface area contributed by atoms with Crippen molar-refractivity contribution >= 4 is 27.3 Å². The second kappa shape index (κ2) is 5.47. The van der Waals surface area contributed by atoms with E-state index in [0.29, 0.717) is 0 Å². The normalized spacial score (nSPS) is 11.4. The highest BCUT2D eigenvalue weighted by Gasteiger charge is 2.12. The zero-order chi connectivity index (χ0) is 12.2. The van der Waals surface area contributed by atoms with Crippen LogP contribution in [0.2, 0.25) is 5.02 Å². The highest BCUT2D eigenvalue weighted by atomic mass is 35.5. The van der Waals surface area contributed by atoms with E-state index >= 15 is 0 Å². The van der Waals surface area contributed by atoms with Gasteiger partial charge in [0.15, 0.2) is 0 Å². The number of anilines is 1. The lowest BCUT2D eigenvalue weighted by atomic mass is 10.3. The highest BCUT2D eigenvalue weighted by Crippen LogP contribution is 2.20. The van der Waals surface area contributed by atoms with Crippen LogP contribution in [0.4, 0.5) is 10.1 Å². The first kappa shape index (κ1) is 13.2. The van der Waals surface area contributed by atoms with Crippen molar-refractivity contribution in [1.82, 2.24) is 0 Å². The van der Waals surface area contributed by atoms with Crippen molar-refractivity contribution < 1.29 is 17.9 Å². The van der Waals surface area contributed by atoms with Gasteiger partial charge in [0, 0.05) is 11.6 Å². The molecule has 1 aromatic carbocycles. The molecule has 2 N–H and O–H groups in total. The SMILES string of the molecule is O=S(=O)(CCCO)Nc1cc(Cl)ccc1F. The third kappa shape index (κ3) is 3.96. The summed E-state index contributed by atoms with van der Waals surface area (Å²) in [5, 5.41) is 8.74. The number of aliphatic hydroxyl groups is 1. The van der Waals surface area contributed by atoms with Crippen LogP contribution >= 0.6 is 11.6 Å². The van der Waals surface area contributed by atoms with E-state index in [2.05, 4.69) is 4.72 Å². The maximum Gasteiger partial charge on any atom is 0.232 e. The Bertz CT molecular complexity index is 464. The smallest absolute Gasteiger partial charge is 0.232 e. The lowest BCUT2D eigenvalue weighted by molar-refractivity contribution is 0.295. The Morgan fingerprint density at radius 2 is 2.12 bits per heavy atom. The van der Waals surface area contributed by atoms with Gasteiger partial charge in [-0.2, -0.15) is 0 Å². The van der Waals surface area contributed by atoms with Gasteiger partial charge in [0.2, 0.25) is 10.0 Å². The van der Waals surface area contributed by atoms with E-state index in [1.165, 1.54) is 12.1 Å². The number of hydrogen-bond donors (Lipinski definition) is 2. The largest absolute Gasteiger partial charge is 0.396 e. The molecule has 0 radical (unpaired) electrons. The van der Waals surface area contributed by atoms with Gasteiger partial charge < -0.3 is 5.11 Å². The molecule has 0 bridgehead atoms. The molecule has 0 aliphatic heterocycles. The first-order valence-corrected chi connectivity index (χ1v) is 6.54. The van der Waals surface area contributed by atoms with Gasteiger partial charge in [-0.05, 0) is 24.6 Å². The van der Waals surface area contributed by atoms with Crippen LogP contribution in [0.5, 0.6) is 0 Å². The molecule has 4 nitrogen and oxygen atoms in total. The van der Waals surface area contributed by atoms with Crippen LogP contribution in [-0.2, 0) is 10.0 Å². The summed E-state index contributed by atoms with van der Waals surface area (Å²) < 4.78 is 38.0. The fourth-order valence-electron chi connectivity index (χ4n) is 1.05. The monoisotopic (exact) mass is 267 g/mol. The Labute approximate surface area is 98.1 Å². The van der Waals surface area contributed by atoms with Crippen molar-refractivity contribution in [3.63, 3.8) is 0 Å². The lowest BCUT2D eigenvalue weighted by Crippen LogP contribution is -2.18. The van der Waals surface area contributed by atoms with Crippen LogP contribution in [0.1, 0.15) is 6.42 Å². The van der Waals surface area contributed by atoms with E-state index in [1.54, 1.807) is 0 Å². The zero-order valence-electron chi connectivity index (χ0n) is 8.28. The number of benzene rings is 1. The zero-order valence-corrected chi connectivity index (χ0v) is 9.85. The summed E-state index contributed by atoms with van der Waals surface area (Å²) in [5.41, 5.74) is -0.189. The molecular formula is C9H11ClFNO3S. The second-order valence-electron chi connectivity index (χ2n) is 3.12. The minimum atomic E-state index is -3.64. The molecule has 0 fully saturated rings. The average molecular weight is 268 g/mol. The van der Waals surface area contributed by atoms with Gasteiger partial charge in [-0.15, -0.1) is 0 Å². The topological polar surface area (TPSA) is 66.4 Å². The molecule has 0 unspecified atom stereocenters. The van der Waals surface area contributed by atoms with Gasteiger partial charge in [0.25, 0.3) is 0 Å². The van der Waals surface area contributed by atoms with E-state index in [9.17, 15) is 12.8 Å². The standard InChI is InChI=1S/C9H11ClFNO3S/c10-7-2-3-8(11)9(6-7)12-16(14,15)5-1-4-13/h2-3,6,12-13H,1,4-5H2. The average Bonchev–Trinajstić information content (AvgIpc) is 2.20. The molecule has 16 heavy (non-hydrogen) atoms. The first-order chi connectivity index (χ1) is 7.44. The molecule has 0 spiro atoms. The fourth-order valence-corrected chi connectivity index (χ4v) is 2.32. The van der Waals surface area contributed by atoms with Gasteiger partial charge in [-0.25, -0.2) is 12.8 Å². The summed E-state index contributed by atoms with van der Waals surface area (Å²) in [6.45, 7) is -0.237. The van der Waals surface area contributed by atoms with Crippen molar-refractivity contribution in [2.45, 2.75) is 6.42 Å². The molecule has 0 saturated heterocycles. The quantitative estimate of drug-likeness (QED) is 0.852. The maximum atomic E-state index is 13.2. The van der Waals surface area contributed by atoms with Crippen LogP contribution in [0.3, 0.4) is 0 Å². The minimum absolute atomic E-state index is 0.0948. The summed E-state index contributed by atoms with van der Waals surface area (Å²) in [7, 11) is -3.64. The summed E-state index contributed by atoms with van der Waals surface area (Å²) >= 11 is 5.61. The fraction of sp³-hybridized carbons (Fsp3) is 0.333. The van der Waals surface area contributed by atoms with E-state index in [-0.39, 0.29) is 29.5 Å². The third-order valence-electron chi connectivity index (χ3n) is 1.77. The van der Waals surface area contributed by atoms with Crippen molar-refractivity contribution in [2.24, 2.45) is 0 Å². The first-order valence-electron chi connectivity index (χ1n) is 4.51. The Kier molecular flexibility index (Phi) is 4.52. The van der Waals surface area contributed by atoms with E-state index < -0.39 is 15.8 Å². The molecule has 0 atom stereocenters. The van der Waals surface area contributed by atoms with Gasteiger partial charge in [-0.1, -0.05) is 11.6 Å². The molecule has 0 aromatic heterocycles. The van der Waals surface area contributed by atoms with Crippen molar-refractivity contribution in [3.05, 3.63) is 29.0 Å². The molecule has 1 aromatic rings. The predicted molar refractivity (Wildman–Crippen MR) is 60.5 cm³/mol. The van der Waals surface area contributed by atoms with Crippen molar-refractivity contribution in [2.75, 3.05) is 17.1 Å². The van der Waals surface area contributed by atoms with Crippen LogP contribution in [-0.4, -0.2) is 25.9 Å². The van der Waals surface area contributed by atoms with Crippen LogP contribution < -0.4 is 4.72 Å². The number of halogens is 2. The molecule has 1 rings (SSSR count). The molecule has 0 saturated carbocycles. The van der Waals surface area contributed by atoms with Gasteiger partial charge >= 0.3 is 0 Å². The van der Waals surface area contributed by atoms with Crippen LogP contribution in [0.25, 0.3) is 0 Å². The Balaban J connectivity index is 2.83. The molecule has 90 valence electrons. The third-order valence-corrected chi connectivity index (χ3v) is 3.36. The Morgan fingerprint density at radius 1 is 1.44 bits per heavy atom. The Morgan fingerprint density at radius 3 is 2.75 bits per heavy atom. The number of rotatable bonds is 5. The highest BCUT2D eigenvalue weighted by molar-refractivity contribution is 7.92. The summed E-state index contributed by atoms with van der Waals surface area (Å²) in [6.07, 6.45) is 0.0948. The predicted octanol–water partition coefficient (Wildman–Crippen LogP) is 1.60. The van der Waals surface area contributed by atoms with E-state index in [0.717, 1.165) is 6.07 Å². The van der Waals surface area contributed by atoms with Crippen molar-refractivity contribution in [3.8, 4) is 0 Å². The number of nitrogens with one attached hydrogen (secondary N) is 1. The molecular weight excluding hydrogens is 257 g/mol. The van der Waals surface area contributed by atoms with Crippen molar-refractivity contribution in [1.29, 1.82) is 0 Å². The van der Waals surface area contributed by atoms with Crippen LogP contribution in [0, 0.1) is 5.82 Å². The summed E-state index contributed by atoms with van der Waals surface area (Å²) in [5.74, 6) is -0.966. The van der Waals surface area contributed by atoms with Crippen LogP contribution in [0.15, 0.2) is 18.2 Å². The van der Waals surface area contributed by atoms with Gasteiger partial charge in [-0.3, -0.25) is 4.72 Å². The van der Waals surface area contributed by atoms with E-state index in [4.69, 9.17) is 16.7 Å². The molecule has 0 amide bonds. The molecule has 0 aliphatic rings. The van der Waals surface area contributed by atoms with Gasteiger partial charge in [0.1, 0.15) is 5.82 Å². The maximum absolute atomic E-state index is 13.2. The minimum Gasteiger partial charge on any atom is -0.396 e. The Hall–Kier alpha value is -0.850. The summed E-state index contributed by atoms with van der Waals surface area (Å²) in [6, 6.07) is 3.59. The number of sulfonamides is 1. The van der Waals surface area contributed by atoms with E-state index in [1.807, 2.05) is 0 Å². The number of hydrogen-bond acceptors (Lipinski definition) is 3. The molecule has 0 aliphatic carbocycles. The second-order valence-corrected chi connectivity index (χ2v) is 5.40.